The van der Waals surface area contributed by atoms with Crippen LogP contribution < -0.4 is 5.73 Å². The Balaban J connectivity index is 2.00. The zero-order valence-electron chi connectivity index (χ0n) is 14.9. The maximum absolute atomic E-state index is 14.3. The van der Waals surface area contributed by atoms with Crippen LogP contribution in [0, 0.1) is 5.82 Å². The van der Waals surface area contributed by atoms with E-state index in [1.54, 1.807) is 0 Å². The van der Waals surface area contributed by atoms with Crippen LogP contribution >= 0.6 is 0 Å². The minimum absolute atomic E-state index is 0.0434. The van der Waals surface area contributed by atoms with Crippen molar-refractivity contribution in [1.29, 1.82) is 0 Å². The summed E-state index contributed by atoms with van der Waals surface area (Å²) in [5.74, 6) is -1.50. The first-order chi connectivity index (χ1) is 13.6. The van der Waals surface area contributed by atoms with Crippen molar-refractivity contribution in [3.05, 3.63) is 89.7 Å². The number of benzene rings is 3. The number of fused-ring (bicyclic) bond motifs is 1. The van der Waals surface area contributed by atoms with E-state index in [0.29, 0.717) is 16.6 Å². The van der Waals surface area contributed by atoms with Crippen molar-refractivity contribution in [3.63, 3.8) is 0 Å². The third-order valence-corrected chi connectivity index (χ3v) is 4.66. The van der Waals surface area contributed by atoms with Gasteiger partial charge in [0.2, 0.25) is 0 Å². The Hall–Kier alpha value is -3.57. The second kappa shape index (κ2) is 7.21. The topological polar surface area (TPSA) is 76.2 Å². The fourth-order valence-electron chi connectivity index (χ4n) is 3.21. The quantitative estimate of drug-likeness (QED) is 0.561. The number of aromatic nitrogens is 1. The van der Waals surface area contributed by atoms with Gasteiger partial charge in [0.05, 0.1) is 23.4 Å². The molecule has 0 saturated carbocycles. The SMILES string of the molecule is NC(=O)c1cc2nc(-c3ccc(CO)cc3)c(-c3ccccc3)cc2cc1F. The molecule has 4 nitrogen and oxygen atoms in total. The average molecular weight is 372 g/mol. The highest BCUT2D eigenvalue weighted by Gasteiger charge is 2.15. The van der Waals surface area contributed by atoms with Gasteiger partial charge in [0.1, 0.15) is 5.82 Å². The van der Waals surface area contributed by atoms with Crippen LogP contribution in [0.2, 0.25) is 0 Å². The Morgan fingerprint density at radius 2 is 1.68 bits per heavy atom. The summed E-state index contributed by atoms with van der Waals surface area (Å²) in [7, 11) is 0. The van der Waals surface area contributed by atoms with Crippen LogP contribution in [-0.4, -0.2) is 16.0 Å². The lowest BCUT2D eigenvalue weighted by molar-refractivity contribution is 0.0996. The summed E-state index contributed by atoms with van der Waals surface area (Å²) in [4.78, 5) is 16.2. The average Bonchev–Trinajstić information content (AvgIpc) is 2.73. The number of carbonyl (C=O) groups excluding carboxylic acids is 1. The largest absolute Gasteiger partial charge is 0.392 e. The normalized spacial score (nSPS) is 10.9. The Labute approximate surface area is 161 Å². The summed E-state index contributed by atoms with van der Waals surface area (Å²) in [6, 6.07) is 21.6. The first-order valence-corrected chi connectivity index (χ1v) is 8.76. The molecule has 3 aromatic carbocycles. The van der Waals surface area contributed by atoms with Crippen molar-refractivity contribution in [2.24, 2.45) is 5.73 Å². The molecule has 0 spiro atoms. The first kappa shape index (κ1) is 17.8. The Morgan fingerprint density at radius 3 is 2.32 bits per heavy atom. The molecule has 138 valence electrons. The van der Waals surface area contributed by atoms with Crippen LogP contribution in [0.25, 0.3) is 33.3 Å². The van der Waals surface area contributed by atoms with E-state index >= 15 is 0 Å². The molecule has 0 aliphatic heterocycles. The molecule has 0 atom stereocenters. The fraction of sp³-hybridized carbons (Fsp3) is 0.0435. The third-order valence-electron chi connectivity index (χ3n) is 4.66. The Bertz CT molecular complexity index is 1170. The van der Waals surface area contributed by atoms with Crippen molar-refractivity contribution >= 4 is 16.8 Å². The molecule has 0 saturated heterocycles. The van der Waals surface area contributed by atoms with E-state index in [1.165, 1.54) is 12.1 Å². The number of rotatable bonds is 4. The molecule has 0 unspecified atom stereocenters. The number of carbonyl (C=O) groups is 1. The maximum Gasteiger partial charge on any atom is 0.251 e. The molecule has 0 bridgehead atoms. The minimum Gasteiger partial charge on any atom is -0.392 e. The summed E-state index contributed by atoms with van der Waals surface area (Å²) in [5, 5.41) is 9.87. The van der Waals surface area contributed by atoms with Crippen molar-refractivity contribution in [2.75, 3.05) is 0 Å². The highest BCUT2D eigenvalue weighted by Crippen LogP contribution is 2.34. The molecule has 1 amide bonds. The van der Waals surface area contributed by atoms with Crippen LogP contribution in [0.3, 0.4) is 0 Å². The summed E-state index contributed by atoms with van der Waals surface area (Å²) in [6.45, 7) is -0.0434. The number of pyridine rings is 1. The fourth-order valence-corrected chi connectivity index (χ4v) is 3.21. The van der Waals surface area contributed by atoms with Crippen LogP contribution in [0.1, 0.15) is 15.9 Å². The van der Waals surface area contributed by atoms with Crippen LogP contribution in [-0.2, 0) is 6.61 Å². The highest BCUT2D eigenvalue weighted by molar-refractivity contribution is 5.99. The van der Waals surface area contributed by atoms with Crippen molar-refractivity contribution in [1.82, 2.24) is 4.98 Å². The van der Waals surface area contributed by atoms with E-state index < -0.39 is 11.7 Å². The lowest BCUT2D eigenvalue weighted by atomic mass is 9.96. The lowest BCUT2D eigenvalue weighted by Crippen LogP contribution is -2.13. The number of aliphatic hydroxyl groups is 1. The zero-order valence-corrected chi connectivity index (χ0v) is 14.9. The van der Waals surface area contributed by atoms with Crippen molar-refractivity contribution in [2.45, 2.75) is 6.61 Å². The zero-order chi connectivity index (χ0) is 19.7. The molecule has 28 heavy (non-hydrogen) atoms. The van der Waals surface area contributed by atoms with Crippen LogP contribution in [0.15, 0.2) is 72.8 Å². The number of hydrogen-bond donors (Lipinski definition) is 2. The first-order valence-electron chi connectivity index (χ1n) is 8.76. The van der Waals surface area contributed by atoms with Gasteiger partial charge in [-0.3, -0.25) is 4.79 Å². The summed E-state index contributed by atoms with van der Waals surface area (Å²) >= 11 is 0. The number of nitrogens with zero attached hydrogens (tertiary/aromatic N) is 1. The van der Waals surface area contributed by atoms with Gasteiger partial charge in [-0.25, -0.2) is 9.37 Å². The number of amides is 1. The second-order valence-corrected chi connectivity index (χ2v) is 6.49. The standard InChI is InChI=1S/C23H17FN2O2/c24-20-11-17-10-18(15-4-2-1-3-5-15)22(16-8-6-14(13-27)7-9-16)26-21(17)12-19(20)23(25)28/h1-12,27H,13H2,(H2,25,28). The molecular formula is C23H17FN2O2. The highest BCUT2D eigenvalue weighted by atomic mass is 19.1. The molecule has 1 heterocycles. The predicted octanol–water partition coefficient (Wildman–Crippen LogP) is 4.30. The van der Waals surface area contributed by atoms with Gasteiger partial charge < -0.3 is 10.8 Å². The monoisotopic (exact) mass is 372 g/mol. The van der Waals surface area contributed by atoms with Gasteiger partial charge in [-0.2, -0.15) is 0 Å². The third kappa shape index (κ3) is 3.23. The smallest absolute Gasteiger partial charge is 0.251 e. The van der Waals surface area contributed by atoms with E-state index in [-0.39, 0.29) is 12.2 Å². The van der Waals surface area contributed by atoms with E-state index in [0.717, 1.165) is 22.3 Å². The van der Waals surface area contributed by atoms with Gasteiger partial charge >= 0.3 is 0 Å². The molecule has 3 N–H and O–H groups in total. The molecule has 4 rings (SSSR count). The van der Waals surface area contributed by atoms with E-state index in [9.17, 15) is 14.3 Å². The van der Waals surface area contributed by atoms with Gasteiger partial charge in [0, 0.05) is 16.5 Å². The van der Waals surface area contributed by atoms with Gasteiger partial charge in [0.25, 0.3) is 5.91 Å². The number of primary amides is 1. The molecule has 5 heteroatoms. The molecule has 0 aliphatic rings. The van der Waals surface area contributed by atoms with Crippen molar-refractivity contribution < 1.29 is 14.3 Å². The van der Waals surface area contributed by atoms with E-state index in [2.05, 4.69) is 0 Å². The number of nitrogens with two attached hydrogens (primary N) is 1. The van der Waals surface area contributed by atoms with E-state index in [4.69, 9.17) is 10.7 Å². The Morgan fingerprint density at radius 1 is 0.964 bits per heavy atom. The summed E-state index contributed by atoms with van der Waals surface area (Å²) in [6.07, 6.45) is 0. The van der Waals surface area contributed by atoms with E-state index in [1.807, 2.05) is 60.7 Å². The summed E-state index contributed by atoms with van der Waals surface area (Å²) in [5.41, 5.74) is 9.70. The molecule has 0 fully saturated rings. The predicted molar refractivity (Wildman–Crippen MR) is 107 cm³/mol. The van der Waals surface area contributed by atoms with Gasteiger partial charge in [-0.15, -0.1) is 0 Å². The second-order valence-electron chi connectivity index (χ2n) is 6.49. The summed E-state index contributed by atoms with van der Waals surface area (Å²) < 4.78 is 14.3. The number of halogens is 1. The molecular weight excluding hydrogens is 355 g/mol. The van der Waals surface area contributed by atoms with Crippen LogP contribution in [0.4, 0.5) is 4.39 Å². The van der Waals surface area contributed by atoms with Crippen LogP contribution in [0.5, 0.6) is 0 Å². The minimum atomic E-state index is -0.831. The number of hydrogen-bond acceptors (Lipinski definition) is 3. The molecule has 0 radical (unpaired) electrons. The van der Waals surface area contributed by atoms with Gasteiger partial charge in [-0.1, -0.05) is 54.6 Å². The van der Waals surface area contributed by atoms with Gasteiger partial charge in [-0.05, 0) is 29.3 Å². The van der Waals surface area contributed by atoms with Gasteiger partial charge in [0.15, 0.2) is 0 Å². The molecule has 4 aromatic rings. The Kier molecular flexibility index (Phi) is 4.59. The molecule has 0 aliphatic carbocycles. The molecule has 1 aromatic heterocycles. The lowest BCUT2D eigenvalue weighted by Gasteiger charge is -2.13. The number of aliphatic hydroxyl groups excluding tert-OH is 1. The van der Waals surface area contributed by atoms with Crippen molar-refractivity contribution in [3.8, 4) is 22.4 Å². The maximum atomic E-state index is 14.3.